The Morgan fingerprint density at radius 2 is 1.78 bits per heavy atom. The molecule has 1 aromatic heterocycles. The van der Waals surface area contributed by atoms with E-state index in [-0.39, 0.29) is 4.90 Å². The molecule has 10 heteroatoms. The van der Waals surface area contributed by atoms with Gasteiger partial charge < -0.3 is 9.64 Å². The number of carbonyl (C=O) groups is 1. The van der Waals surface area contributed by atoms with Crippen LogP contribution in [0, 0.1) is 0 Å². The topological polar surface area (TPSA) is 79.8 Å². The minimum atomic E-state index is -3.79. The van der Waals surface area contributed by atoms with Gasteiger partial charge in [-0.05, 0) is 37.4 Å². The molecule has 0 saturated heterocycles. The van der Waals surface area contributed by atoms with Crippen LogP contribution in [0.5, 0.6) is 5.75 Å². The molecule has 0 N–H and O–H groups in total. The number of sulfone groups is 1. The number of benzene rings is 2. The zero-order chi connectivity index (χ0) is 23.3. The first-order chi connectivity index (χ1) is 15.3. The molecule has 0 unspecified atom stereocenters. The van der Waals surface area contributed by atoms with Gasteiger partial charge in [-0.25, -0.2) is 13.4 Å². The predicted molar refractivity (Wildman–Crippen MR) is 130 cm³/mol. The summed E-state index contributed by atoms with van der Waals surface area (Å²) >= 11 is 7.60. The van der Waals surface area contributed by atoms with Gasteiger partial charge in [0.2, 0.25) is 5.91 Å². The molecule has 1 amide bonds. The first kappa shape index (κ1) is 24.4. The molecule has 3 aromatic rings. The van der Waals surface area contributed by atoms with E-state index in [1.807, 2.05) is 13.8 Å². The number of halogens is 1. The zero-order valence-corrected chi connectivity index (χ0v) is 20.6. The van der Waals surface area contributed by atoms with Crippen LogP contribution in [0.4, 0.5) is 5.13 Å². The van der Waals surface area contributed by atoms with Crippen LogP contribution in [0.25, 0.3) is 10.2 Å². The Hall–Kier alpha value is -2.20. The fraction of sp³-hybridized carbons (Fsp3) is 0.364. The molecule has 0 aliphatic rings. The number of rotatable bonds is 10. The number of amides is 1. The molecule has 0 saturated carbocycles. The fourth-order valence-electron chi connectivity index (χ4n) is 3.28. The van der Waals surface area contributed by atoms with Crippen molar-refractivity contribution in [1.82, 2.24) is 9.88 Å². The molecule has 0 radical (unpaired) electrons. The van der Waals surface area contributed by atoms with Gasteiger partial charge in [-0.15, -0.1) is 0 Å². The molecule has 0 bridgehead atoms. The molecule has 3 rings (SSSR count). The van der Waals surface area contributed by atoms with Gasteiger partial charge in [-0.1, -0.05) is 55.0 Å². The Morgan fingerprint density at radius 1 is 1.09 bits per heavy atom. The highest BCUT2D eigenvalue weighted by atomic mass is 35.5. The molecule has 1 heterocycles. The number of likely N-dealkylation sites (N-methyl/N-ethyl adjacent to an activating group) is 1. The number of nitrogens with zero attached hydrogens (tertiary/aromatic N) is 3. The Balaban J connectivity index is 1.97. The van der Waals surface area contributed by atoms with Crippen LogP contribution in [0.15, 0.2) is 47.4 Å². The maximum Gasteiger partial charge on any atom is 0.244 e. The molecule has 2 aromatic carbocycles. The highest BCUT2D eigenvalue weighted by molar-refractivity contribution is 7.92. The molecule has 0 aliphatic heterocycles. The number of hydrogen-bond acceptors (Lipinski definition) is 7. The molecule has 7 nitrogen and oxygen atoms in total. The summed E-state index contributed by atoms with van der Waals surface area (Å²) in [5.41, 5.74) is 0.548. The van der Waals surface area contributed by atoms with Crippen LogP contribution in [0.1, 0.15) is 13.8 Å². The van der Waals surface area contributed by atoms with E-state index in [1.165, 1.54) is 35.5 Å². The first-order valence-corrected chi connectivity index (χ1v) is 13.1. The standard InChI is InChI=1S/C22H26ClN3O4S2/c1-4-25(5-2)13-14-26(19(27)15-32(28,29)16-9-7-6-8-10-16)22-24-20-18(30-3)12-11-17(23)21(20)31-22/h6-12H,4-5,13-15H2,1-3H3. The SMILES string of the molecule is CCN(CC)CCN(C(=O)CS(=O)(=O)c1ccccc1)c1nc2c(OC)ccc(Cl)c2s1. The molecule has 0 spiro atoms. The van der Waals surface area contributed by atoms with Crippen molar-refractivity contribution in [2.75, 3.05) is 43.9 Å². The third kappa shape index (κ3) is 5.40. The summed E-state index contributed by atoms with van der Waals surface area (Å²) in [5, 5.41) is 0.893. The number of carbonyl (C=O) groups excluding carboxylic acids is 1. The second kappa shape index (κ2) is 10.6. The number of hydrogen-bond donors (Lipinski definition) is 0. The summed E-state index contributed by atoms with van der Waals surface area (Å²) in [6, 6.07) is 11.4. The Labute approximate surface area is 197 Å². The number of anilines is 1. The lowest BCUT2D eigenvalue weighted by Gasteiger charge is -2.24. The maximum absolute atomic E-state index is 13.3. The number of ether oxygens (including phenoxy) is 1. The Bertz CT molecular complexity index is 1180. The van der Waals surface area contributed by atoms with E-state index in [4.69, 9.17) is 16.3 Å². The van der Waals surface area contributed by atoms with Crippen LogP contribution in [0.3, 0.4) is 0 Å². The molecule has 0 atom stereocenters. The van der Waals surface area contributed by atoms with E-state index >= 15 is 0 Å². The van der Waals surface area contributed by atoms with Crippen molar-refractivity contribution in [3.63, 3.8) is 0 Å². The average molecular weight is 496 g/mol. The lowest BCUT2D eigenvalue weighted by Crippen LogP contribution is -2.41. The van der Waals surface area contributed by atoms with Gasteiger partial charge in [0.25, 0.3) is 0 Å². The van der Waals surface area contributed by atoms with E-state index in [9.17, 15) is 13.2 Å². The van der Waals surface area contributed by atoms with Gasteiger partial charge in [0.05, 0.1) is 21.7 Å². The zero-order valence-electron chi connectivity index (χ0n) is 18.2. The van der Waals surface area contributed by atoms with Crippen molar-refractivity contribution in [3.05, 3.63) is 47.5 Å². The largest absolute Gasteiger partial charge is 0.494 e. The second-order valence-corrected chi connectivity index (χ2v) is 10.4. The molecule has 172 valence electrons. The summed E-state index contributed by atoms with van der Waals surface area (Å²) in [6.45, 7) is 6.62. The van der Waals surface area contributed by atoms with E-state index in [0.717, 1.165) is 13.1 Å². The summed E-state index contributed by atoms with van der Waals surface area (Å²) in [5.74, 6) is -0.633. The van der Waals surface area contributed by atoms with Gasteiger partial charge in [0, 0.05) is 13.1 Å². The quantitative estimate of drug-likeness (QED) is 0.421. The van der Waals surface area contributed by atoms with E-state index in [1.54, 1.807) is 30.3 Å². The van der Waals surface area contributed by atoms with Crippen LogP contribution in [0.2, 0.25) is 5.02 Å². The van der Waals surface area contributed by atoms with Gasteiger partial charge in [0.1, 0.15) is 17.0 Å². The Morgan fingerprint density at radius 3 is 2.41 bits per heavy atom. The number of thiazole rings is 1. The summed E-state index contributed by atoms with van der Waals surface area (Å²) in [7, 11) is -2.25. The summed E-state index contributed by atoms with van der Waals surface area (Å²) < 4.78 is 31.8. The van der Waals surface area contributed by atoms with Crippen molar-refractivity contribution < 1.29 is 17.9 Å². The van der Waals surface area contributed by atoms with Gasteiger partial charge in [-0.3, -0.25) is 9.69 Å². The van der Waals surface area contributed by atoms with Gasteiger partial charge in [0.15, 0.2) is 15.0 Å². The highest BCUT2D eigenvalue weighted by Gasteiger charge is 2.27. The summed E-state index contributed by atoms with van der Waals surface area (Å²) in [6.07, 6.45) is 0. The normalized spacial score (nSPS) is 11.8. The molecule has 32 heavy (non-hydrogen) atoms. The first-order valence-electron chi connectivity index (χ1n) is 10.2. The van der Waals surface area contributed by atoms with Crippen molar-refractivity contribution in [2.24, 2.45) is 0 Å². The van der Waals surface area contributed by atoms with E-state index in [0.29, 0.717) is 39.2 Å². The lowest BCUT2D eigenvalue weighted by atomic mass is 10.3. The van der Waals surface area contributed by atoms with Crippen LogP contribution in [-0.4, -0.2) is 63.3 Å². The number of methoxy groups -OCH3 is 1. The highest BCUT2D eigenvalue weighted by Crippen LogP contribution is 2.38. The summed E-state index contributed by atoms with van der Waals surface area (Å²) in [4.78, 5) is 21.6. The van der Waals surface area contributed by atoms with Crippen LogP contribution in [-0.2, 0) is 14.6 Å². The Kier molecular flexibility index (Phi) is 8.10. The molecular formula is C22H26ClN3O4S2. The van der Waals surface area contributed by atoms with Gasteiger partial charge >= 0.3 is 0 Å². The van der Waals surface area contributed by atoms with Crippen molar-refractivity contribution in [2.45, 2.75) is 18.7 Å². The van der Waals surface area contributed by atoms with Crippen LogP contribution < -0.4 is 9.64 Å². The smallest absolute Gasteiger partial charge is 0.244 e. The molecular weight excluding hydrogens is 470 g/mol. The van der Waals surface area contributed by atoms with Crippen molar-refractivity contribution >= 4 is 54.0 Å². The maximum atomic E-state index is 13.3. The number of fused-ring (bicyclic) bond motifs is 1. The fourth-order valence-corrected chi connectivity index (χ4v) is 5.80. The third-order valence-electron chi connectivity index (χ3n) is 5.15. The molecule has 0 fully saturated rings. The van der Waals surface area contributed by atoms with Crippen molar-refractivity contribution in [3.8, 4) is 5.75 Å². The number of aromatic nitrogens is 1. The predicted octanol–water partition coefficient (Wildman–Crippen LogP) is 4.11. The third-order valence-corrected chi connectivity index (χ3v) is 8.31. The lowest BCUT2D eigenvalue weighted by molar-refractivity contribution is -0.116. The minimum Gasteiger partial charge on any atom is -0.494 e. The second-order valence-electron chi connectivity index (χ2n) is 7.07. The van der Waals surface area contributed by atoms with Gasteiger partial charge in [-0.2, -0.15) is 0 Å². The van der Waals surface area contributed by atoms with E-state index in [2.05, 4.69) is 9.88 Å². The van der Waals surface area contributed by atoms with E-state index < -0.39 is 21.5 Å². The van der Waals surface area contributed by atoms with Crippen molar-refractivity contribution in [1.29, 1.82) is 0 Å². The van der Waals surface area contributed by atoms with Crippen LogP contribution >= 0.6 is 22.9 Å². The minimum absolute atomic E-state index is 0.117. The monoisotopic (exact) mass is 495 g/mol. The average Bonchev–Trinajstić information content (AvgIpc) is 3.23. The molecule has 0 aliphatic carbocycles.